The van der Waals surface area contributed by atoms with E-state index in [1.54, 1.807) is 0 Å². The fourth-order valence-electron chi connectivity index (χ4n) is 2.08. The minimum absolute atomic E-state index is 0.110. The van der Waals surface area contributed by atoms with Gasteiger partial charge in [0.1, 0.15) is 0 Å². The predicted octanol–water partition coefficient (Wildman–Crippen LogP) is 1.80. The Bertz CT molecular complexity index is 154. The zero-order valence-electron chi connectivity index (χ0n) is 7.30. The van der Waals surface area contributed by atoms with Crippen molar-refractivity contribution < 1.29 is 9.47 Å². The van der Waals surface area contributed by atoms with Gasteiger partial charge in [0.05, 0.1) is 6.61 Å². The van der Waals surface area contributed by atoms with Gasteiger partial charge in [0.2, 0.25) is 0 Å². The molecule has 2 unspecified atom stereocenters. The second kappa shape index (κ2) is 2.46. The number of hydrogen-bond acceptors (Lipinski definition) is 2. The Hall–Kier alpha value is -0.0800. The maximum atomic E-state index is 5.55. The third-order valence-corrected chi connectivity index (χ3v) is 2.89. The van der Waals surface area contributed by atoms with Crippen LogP contribution < -0.4 is 0 Å². The molecule has 0 radical (unpaired) electrons. The zero-order chi connectivity index (χ0) is 7.90. The van der Waals surface area contributed by atoms with Crippen LogP contribution >= 0.6 is 0 Å². The first-order chi connectivity index (χ1) is 5.20. The predicted molar refractivity (Wildman–Crippen MR) is 42.2 cm³/mol. The fraction of sp³-hybridized carbons (Fsp3) is 1.00. The molecule has 2 saturated heterocycles. The van der Waals surface area contributed by atoms with Gasteiger partial charge < -0.3 is 9.47 Å². The highest BCUT2D eigenvalue weighted by Crippen LogP contribution is 2.43. The van der Waals surface area contributed by atoms with E-state index in [4.69, 9.17) is 9.47 Å². The van der Waals surface area contributed by atoms with Gasteiger partial charge in [0.25, 0.3) is 0 Å². The molecule has 0 amide bonds. The van der Waals surface area contributed by atoms with E-state index in [0.717, 1.165) is 13.2 Å². The Labute approximate surface area is 67.9 Å². The van der Waals surface area contributed by atoms with Gasteiger partial charge in [-0.2, -0.15) is 0 Å². The molecule has 2 rings (SSSR count). The molecular weight excluding hydrogens is 140 g/mol. The molecule has 2 heteroatoms. The Kier molecular flexibility index (Phi) is 1.69. The smallest absolute Gasteiger partial charge is 0.160 e. The lowest BCUT2D eigenvalue weighted by Gasteiger charge is -2.31. The largest absolute Gasteiger partial charge is 0.352 e. The summed E-state index contributed by atoms with van der Waals surface area (Å²) in [5.74, 6) is 0.635. The standard InChI is InChI=1S/C9H16O2/c1-9(2)6-11-8-7(9)4-3-5-10-8/h7-8H,3-6H2,1-2H3. The third-order valence-electron chi connectivity index (χ3n) is 2.89. The highest BCUT2D eigenvalue weighted by molar-refractivity contribution is 4.87. The second-order valence-corrected chi connectivity index (χ2v) is 4.29. The van der Waals surface area contributed by atoms with Crippen molar-refractivity contribution in [3.8, 4) is 0 Å². The van der Waals surface area contributed by atoms with E-state index in [2.05, 4.69) is 13.8 Å². The van der Waals surface area contributed by atoms with Crippen molar-refractivity contribution in [1.82, 2.24) is 0 Å². The van der Waals surface area contributed by atoms with Crippen LogP contribution in [0.5, 0.6) is 0 Å². The van der Waals surface area contributed by atoms with Crippen LogP contribution in [0.25, 0.3) is 0 Å². The van der Waals surface area contributed by atoms with E-state index in [1.165, 1.54) is 12.8 Å². The van der Waals surface area contributed by atoms with Crippen molar-refractivity contribution in [2.75, 3.05) is 13.2 Å². The molecule has 0 aromatic heterocycles. The first-order valence-electron chi connectivity index (χ1n) is 4.43. The van der Waals surface area contributed by atoms with Gasteiger partial charge in [-0.25, -0.2) is 0 Å². The molecule has 64 valence electrons. The maximum Gasteiger partial charge on any atom is 0.160 e. The van der Waals surface area contributed by atoms with Gasteiger partial charge in [0, 0.05) is 12.5 Å². The minimum Gasteiger partial charge on any atom is -0.352 e. The highest BCUT2D eigenvalue weighted by Gasteiger charge is 2.44. The summed E-state index contributed by atoms with van der Waals surface area (Å²) in [5, 5.41) is 0. The monoisotopic (exact) mass is 156 g/mol. The summed E-state index contributed by atoms with van der Waals surface area (Å²) in [7, 11) is 0. The van der Waals surface area contributed by atoms with Crippen molar-refractivity contribution in [3.05, 3.63) is 0 Å². The molecular formula is C9H16O2. The van der Waals surface area contributed by atoms with Crippen LogP contribution in [-0.4, -0.2) is 19.5 Å². The molecule has 0 aromatic rings. The average molecular weight is 156 g/mol. The van der Waals surface area contributed by atoms with E-state index in [-0.39, 0.29) is 6.29 Å². The quantitative estimate of drug-likeness (QED) is 0.532. The number of rotatable bonds is 0. The Morgan fingerprint density at radius 1 is 1.27 bits per heavy atom. The van der Waals surface area contributed by atoms with Crippen molar-refractivity contribution in [1.29, 1.82) is 0 Å². The molecule has 2 atom stereocenters. The molecule has 2 aliphatic rings. The van der Waals surface area contributed by atoms with E-state index < -0.39 is 0 Å². The number of fused-ring (bicyclic) bond motifs is 1. The van der Waals surface area contributed by atoms with E-state index >= 15 is 0 Å². The van der Waals surface area contributed by atoms with Gasteiger partial charge in [-0.15, -0.1) is 0 Å². The zero-order valence-corrected chi connectivity index (χ0v) is 7.30. The van der Waals surface area contributed by atoms with Crippen LogP contribution in [0.2, 0.25) is 0 Å². The first kappa shape index (κ1) is 7.56. The minimum atomic E-state index is 0.110. The lowest BCUT2D eigenvalue weighted by atomic mass is 9.78. The van der Waals surface area contributed by atoms with Gasteiger partial charge in [-0.05, 0) is 18.3 Å². The summed E-state index contributed by atoms with van der Waals surface area (Å²) in [6.45, 7) is 6.29. The van der Waals surface area contributed by atoms with Crippen LogP contribution in [0.1, 0.15) is 26.7 Å². The third kappa shape index (κ3) is 1.18. The lowest BCUT2D eigenvalue weighted by molar-refractivity contribution is -0.152. The number of hydrogen-bond donors (Lipinski definition) is 0. The lowest BCUT2D eigenvalue weighted by Crippen LogP contribution is -2.32. The van der Waals surface area contributed by atoms with Gasteiger partial charge >= 0.3 is 0 Å². The normalized spacial score (nSPS) is 42.0. The molecule has 2 nitrogen and oxygen atoms in total. The van der Waals surface area contributed by atoms with E-state index in [9.17, 15) is 0 Å². The van der Waals surface area contributed by atoms with Gasteiger partial charge in [-0.1, -0.05) is 13.8 Å². The molecule has 2 aliphatic heterocycles. The molecule has 11 heavy (non-hydrogen) atoms. The first-order valence-corrected chi connectivity index (χ1v) is 4.43. The van der Waals surface area contributed by atoms with Crippen LogP contribution in [0.15, 0.2) is 0 Å². The SMILES string of the molecule is CC1(C)COC2OCCCC21. The van der Waals surface area contributed by atoms with Gasteiger partial charge in [0.15, 0.2) is 6.29 Å². The number of ether oxygens (including phenoxy) is 2. The van der Waals surface area contributed by atoms with Crippen molar-refractivity contribution in [2.45, 2.75) is 33.0 Å². The molecule has 2 fully saturated rings. The van der Waals surface area contributed by atoms with Crippen molar-refractivity contribution in [2.24, 2.45) is 11.3 Å². The maximum absolute atomic E-state index is 5.55. The Morgan fingerprint density at radius 2 is 2.09 bits per heavy atom. The summed E-state index contributed by atoms with van der Waals surface area (Å²) in [4.78, 5) is 0. The van der Waals surface area contributed by atoms with Crippen molar-refractivity contribution >= 4 is 0 Å². The molecule has 0 aliphatic carbocycles. The van der Waals surface area contributed by atoms with Gasteiger partial charge in [-0.3, -0.25) is 0 Å². The van der Waals surface area contributed by atoms with Crippen LogP contribution in [0, 0.1) is 11.3 Å². The Morgan fingerprint density at radius 3 is 2.82 bits per heavy atom. The molecule has 0 spiro atoms. The fourth-order valence-corrected chi connectivity index (χ4v) is 2.08. The summed E-state index contributed by atoms with van der Waals surface area (Å²) < 4.78 is 11.1. The highest BCUT2D eigenvalue weighted by atomic mass is 16.7. The van der Waals surface area contributed by atoms with Crippen LogP contribution in [0.4, 0.5) is 0 Å². The molecule has 2 heterocycles. The summed E-state index contributed by atoms with van der Waals surface area (Å²) in [6, 6.07) is 0. The van der Waals surface area contributed by atoms with Crippen LogP contribution in [-0.2, 0) is 9.47 Å². The second-order valence-electron chi connectivity index (χ2n) is 4.29. The topological polar surface area (TPSA) is 18.5 Å². The molecule has 0 saturated carbocycles. The summed E-state index contributed by atoms with van der Waals surface area (Å²) >= 11 is 0. The van der Waals surface area contributed by atoms with Crippen molar-refractivity contribution in [3.63, 3.8) is 0 Å². The molecule has 0 aromatic carbocycles. The molecule has 0 bridgehead atoms. The van der Waals surface area contributed by atoms with E-state index in [0.29, 0.717) is 11.3 Å². The Balaban J connectivity index is 2.10. The van der Waals surface area contributed by atoms with E-state index in [1.807, 2.05) is 0 Å². The average Bonchev–Trinajstić information content (AvgIpc) is 2.29. The summed E-state index contributed by atoms with van der Waals surface area (Å²) in [5.41, 5.74) is 0.338. The summed E-state index contributed by atoms with van der Waals surface area (Å²) in [6.07, 6.45) is 2.59. The van der Waals surface area contributed by atoms with Crippen LogP contribution in [0.3, 0.4) is 0 Å². The molecule has 0 N–H and O–H groups in total.